The summed E-state index contributed by atoms with van der Waals surface area (Å²) in [7, 11) is 0. The van der Waals surface area contributed by atoms with Crippen LogP contribution in [-0.2, 0) is 36.7 Å². The van der Waals surface area contributed by atoms with Gasteiger partial charge in [0.2, 0.25) is 0 Å². The number of allylic oxidation sites excluding steroid dienone is 2. The third-order valence-electron chi connectivity index (χ3n) is 9.00. The van der Waals surface area contributed by atoms with Crippen LogP contribution in [0.4, 0.5) is 0 Å². The largest absolute Gasteiger partial charge is 0.512 e. The molecule has 5 aromatic rings. The Morgan fingerprint density at radius 3 is 2.18 bits per heavy atom. The maximum atomic E-state index is 11.7. The first-order chi connectivity index (χ1) is 22.9. The summed E-state index contributed by atoms with van der Waals surface area (Å²) in [5.74, 6) is 1.14. The first-order valence-electron chi connectivity index (χ1n) is 17.5. The molecule has 1 radical (unpaired) electrons. The van der Waals surface area contributed by atoms with Crippen molar-refractivity contribution in [3.05, 3.63) is 89.4 Å². The summed E-state index contributed by atoms with van der Waals surface area (Å²) in [4.78, 5) is 26.9. The topological polar surface area (TPSA) is 76.0 Å². The maximum absolute atomic E-state index is 11.7. The molecule has 0 saturated heterocycles. The van der Waals surface area contributed by atoms with Crippen molar-refractivity contribution < 1.29 is 30.0 Å². The average Bonchev–Trinajstić information content (AvgIpc) is 3.48. The van der Waals surface area contributed by atoms with Gasteiger partial charge in [0.25, 0.3) is 0 Å². The van der Waals surface area contributed by atoms with Crippen LogP contribution in [0, 0.1) is 23.8 Å². The number of aliphatic hydroxyl groups is 1. The van der Waals surface area contributed by atoms with Crippen molar-refractivity contribution in [2.75, 3.05) is 0 Å². The number of ketones is 1. The number of aromatic nitrogens is 3. The van der Waals surface area contributed by atoms with Gasteiger partial charge in [-0.15, -0.1) is 40.5 Å². The Hall–Kier alpha value is -3.25. The van der Waals surface area contributed by atoms with E-state index in [9.17, 15) is 9.90 Å². The molecule has 0 fully saturated rings. The number of carbonyl (C=O) groups is 1. The molecule has 0 bridgehead atoms. The number of pyridine rings is 1. The molecule has 0 unspecified atom stereocenters. The number of thiophene rings is 1. The van der Waals surface area contributed by atoms with Gasteiger partial charge in [0.1, 0.15) is 11.2 Å². The van der Waals surface area contributed by atoms with Gasteiger partial charge < -0.3 is 5.11 Å². The zero-order chi connectivity index (χ0) is 35.0. The third kappa shape index (κ3) is 10.2. The van der Waals surface area contributed by atoms with Gasteiger partial charge in [0.15, 0.2) is 5.78 Å². The van der Waals surface area contributed by atoms with E-state index in [0.29, 0.717) is 5.92 Å². The summed E-state index contributed by atoms with van der Waals surface area (Å²) < 4.78 is 0. The van der Waals surface area contributed by atoms with Crippen LogP contribution in [0.1, 0.15) is 99.3 Å². The molecule has 0 spiro atoms. The quantitative estimate of drug-likeness (QED) is 0.0814. The maximum Gasteiger partial charge on any atom is 0.162 e. The van der Waals surface area contributed by atoms with E-state index in [1.165, 1.54) is 17.0 Å². The van der Waals surface area contributed by atoms with E-state index in [1.54, 1.807) is 17.7 Å². The number of carbonyl (C=O) groups excluding carboxylic acids is 1. The van der Waals surface area contributed by atoms with Crippen LogP contribution in [0.15, 0.2) is 72.1 Å². The minimum absolute atomic E-state index is 0. The van der Waals surface area contributed by atoms with Crippen LogP contribution in [0.2, 0.25) is 0 Å². The summed E-state index contributed by atoms with van der Waals surface area (Å²) in [5, 5.41) is 15.4. The van der Waals surface area contributed by atoms with E-state index >= 15 is 0 Å². The van der Waals surface area contributed by atoms with Gasteiger partial charge in [-0.3, -0.25) is 9.78 Å². The normalized spacial score (nSPS) is 12.0. The Morgan fingerprint density at radius 2 is 1.55 bits per heavy atom. The molecule has 0 aliphatic heterocycles. The summed E-state index contributed by atoms with van der Waals surface area (Å²) in [6, 6.07) is 20.7. The molecule has 0 amide bonds. The summed E-state index contributed by atoms with van der Waals surface area (Å²) in [6.45, 7) is 19.3. The van der Waals surface area contributed by atoms with E-state index < -0.39 is 0 Å². The fourth-order valence-corrected chi connectivity index (χ4v) is 7.05. The Bertz CT molecular complexity index is 1860. The van der Waals surface area contributed by atoms with Gasteiger partial charge in [-0.1, -0.05) is 91.5 Å². The number of rotatable bonds is 11. The molecule has 2 aromatic carbocycles. The molecule has 1 N–H and O–H groups in total. The first-order valence-corrected chi connectivity index (χ1v) is 18.4. The second-order valence-corrected chi connectivity index (χ2v) is 14.9. The molecule has 263 valence electrons. The number of fused-ring (bicyclic) bond motifs is 2. The molecule has 3 aromatic heterocycles. The zero-order valence-electron chi connectivity index (χ0n) is 30.6. The molecule has 5 rings (SSSR count). The Labute approximate surface area is 311 Å². The van der Waals surface area contributed by atoms with Crippen molar-refractivity contribution in [1.29, 1.82) is 0 Å². The second-order valence-electron chi connectivity index (χ2n) is 14.1. The number of benzene rings is 2. The molecule has 0 aliphatic rings. The van der Waals surface area contributed by atoms with Crippen molar-refractivity contribution in [2.24, 2.45) is 17.8 Å². The Balaban J connectivity index is 0.000000347. The van der Waals surface area contributed by atoms with Crippen LogP contribution in [0.25, 0.3) is 43.5 Å². The van der Waals surface area contributed by atoms with Crippen molar-refractivity contribution in [2.45, 2.75) is 99.8 Å². The molecule has 0 aliphatic carbocycles. The van der Waals surface area contributed by atoms with E-state index in [2.05, 4.69) is 105 Å². The predicted molar refractivity (Wildman–Crippen MR) is 204 cm³/mol. The monoisotopic (exact) mass is 855 g/mol. The van der Waals surface area contributed by atoms with Crippen molar-refractivity contribution in [3.8, 4) is 22.5 Å². The Kier molecular flexibility index (Phi) is 14.9. The molecule has 7 heteroatoms. The molecule has 3 heterocycles. The first kappa shape index (κ1) is 40.2. The van der Waals surface area contributed by atoms with E-state index in [1.807, 2.05) is 27.7 Å². The van der Waals surface area contributed by atoms with Crippen molar-refractivity contribution in [1.82, 2.24) is 15.0 Å². The van der Waals surface area contributed by atoms with E-state index in [0.717, 1.165) is 75.9 Å². The second kappa shape index (κ2) is 18.1. The SMILES string of the molecule is CC(C)Cc1ccc2c(-c3cc(-c4[c-]c5ccccc5c(C(C)(C)C)c4)ncn3)csc2n1.CCC(CC)C(=O)/C=C(\O)C(CC)CC.[Ir]. The van der Waals surface area contributed by atoms with Crippen LogP contribution >= 0.6 is 11.3 Å². The van der Waals surface area contributed by atoms with Gasteiger partial charge in [0, 0.05) is 65.7 Å². The fraction of sp³-hybridized carbons (Fsp3) is 0.429. The molecule has 5 nitrogen and oxygen atoms in total. The third-order valence-corrected chi connectivity index (χ3v) is 9.89. The summed E-state index contributed by atoms with van der Waals surface area (Å²) in [5.41, 5.74) is 6.38. The van der Waals surface area contributed by atoms with E-state index in [-0.39, 0.29) is 48.9 Å². The molecule has 0 atom stereocenters. The van der Waals surface area contributed by atoms with Crippen LogP contribution in [0.3, 0.4) is 0 Å². The number of aliphatic hydroxyl groups excluding tert-OH is 1. The average molecular weight is 855 g/mol. The van der Waals surface area contributed by atoms with Crippen molar-refractivity contribution >= 4 is 38.1 Å². The summed E-state index contributed by atoms with van der Waals surface area (Å²) in [6.07, 6.45) is 7.56. The number of hydrogen-bond donors (Lipinski definition) is 1. The summed E-state index contributed by atoms with van der Waals surface area (Å²) >= 11 is 1.68. The van der Waals surface area contributed by atoms with Crippen LogP contribution < -0.4 is 0 Å². The smallest absolute Gasteiger partial charge is 0.162 e. The Morgan fingerprint density at radius 1 is 0.898 bits per heavy atom. The molecule has 0 saturated carbocycles. The van der Waals surface area contributed by atoms with Gasteiger partial charge in [0.05, 0.1) is 11.5 Å². The minimum Gasteiger partial charge on any atom is -0.512 e. The standard InChI is InChI=1S/C29H28N3S.C13H24O2.Ir/c1-18(2)12-21-10-11-23-24(16-33-28(23)32-21)27-15-26(30-17-31-27)20-13-19-8-6-7-9-22(19)25(14-20)29(3,4)5;1-5-10(6-2)12(14)9-13(15)11(7-3)8-4;/h6-11,14-18H,12H2,1-5H3;9-11,14H,5-8H2,1-4H3;/q-1;;/b;12-9-;. The van der Waals surface area contributed by atoms with Gasteiger partial charge >= 0.3 is 0 Å². The molecular formula is C42H52IrN3O2S-. The van der Waals surface area contributed by atoms with Gasteiger partial charge in [-0.05, 0) is 61.6 Å². The van der Waals surface area contributed by atoms with Crippen molar-refractivity contribution in [3.63, 3.8) is 0 Å². The van der Waals surface area contributed by atoms with Gasteiger partial charge in [-0.25, -0.2) is 9.97 Å². The van der Waals surface area contributed by atoms with Crippen LogP contribution in [-0.4, -0.2) is 25.8 Å². The molecular weight excluding hydrogens is 803 g/mol. The fourth-order valence-electron chi connectivity index (χ4n) is 6.10. The minimum atomic E-state index is 0. The molecule has 49 heavy (non-hydrogen) atoms. The predicted octanol–water partition coefficient (Wildman–Crippen LogP) is 11.7. The zero-order valence-corrected chi connectivity index (χ0v) is 33.8. The van der Waals surface area contributed by atoms with Gasteiger partial charge in [-0.2, -0.15) is 0 Å². The number of nitrogens with zero attached hydrogens (tertiary/aromatic N) is 3. The van der Waals surface area contributed by atoms with Crippen LogP contribution in [0.5, 0.6) is 0 Å². The van der Waals surface area contributed by atoms with E-state index in [4.69, 9.17) is 4.98 Å². The number of hydrogen-bond acceptors (Lipinski definition) is 6.